The number of benzene rings is 1. The third-order valence-corrected chi connectivity index (χ3v) is 3.84. The highest BCUT2D eigenvalue weighted by atomic mass is 32.2. The first-order valence-electron chi connectivity index (χ1n) is 6.93. The number of thioether (sulfide) groups is 1. The Bertz CT molecular complexity index is 345. The summed E-state index contributed by atoms with van der Waals surface area (Å²) in [5, 5.41) is 13.1. The summed E-state index contributed by atoms with van der Waals surface area (Å²) in [6.07, 6.45) is -0.446. The highest BCUT2D eigenvalue weighted by Crippen LogP contribution is 2.19. The number of ether oxygens (including phenoxy) is 2. The van der Waals surface area contributed by atoms with Gasteiger partial charge >= 0.3 is 0 Å². The Balaban J connectivity index is 2.20. The average molecular weight is 299 g/mol. The highest BCUT2D eigenvalue weighted by Gasteiger charge is 2.05. The van der Waals surface area contributed by atoms with E-state index >= 15 is 0 Å². The van der Waals surface area contributed by atoms with Crippen LogP contribution in [0.25, 0.3) is 0 Å². The molecule has 1 unspecified atom stereocenters. The Labute approximate surface area is 125 Å². The van der Waals surface area contributed by atoms with E-state index in [1.54, 1.807) is 18.9 Å². The van der Waals surface area contributed by atoms with E-state index in [9.17, 15) is 5.11 Å². The molecular formula is C15H25NO3S. The minimum Gasteiger partial charge on any atom is -0.390 e. The van der Waals surface area contributed by atoms with Crippen LogP contribution in [0.4, 0.5) is 0 Å². The molecule has 0 heterocycles. The molecule has 0 aromatic heterocycles. The molecule has 1 atom stereocenters. The number of nitrogens with one attached hydrogen (secondary N) is 1. The van der Waals surface area contributed by atoms with E-state index in [0.717, 1.165) is 13.1 Å². The summed E-state index contributed by atoms with van der Waals surface area (Å²) in [4.78, 5) is 1.17. The van der Waals surface area contributed by atoms with Gasteiger partial charge in [-0.05, 0) is 24.2 Å². The van der Waals surface area contributed by atoms with Gasteiger partial charge in [-0.2, -0.15) is 0 Å². The maximum absolute atomic E-state index is 9.78. The van der Waals surface area contributed by atoms with Gasteiger partial charge in [-0.25, -0.2) is 0 Å². The summed E-state index contributed by atoms with van der Waals surface area (Å²) in [5.74, 6) is 0.638. The van der Waals surface area contributed by atoms with E-state index in [2.05, 4.69) is 36.5 Å². The van der Waals surface area contributed by atoms with Crippen LogP contribution in [0.1, 0.15) is 12.5 Å². The van der Waals surface area contributed by atoms with Gasteiger partial charge in [-0.1, -0.05) is 19.1 Å². The standard InChI is InChI=1S/C15H25NO3S/c1-3-16-10-13-4-6-15(7-5-13)20-12-14(17)11-19-9-8-18-2/h4-7,14,16-17H,3,8-12H2,1-2H3. The van der Waals surface area contributed by atoms with Crippen molar-refractivity contribution in [1.29, 1.82) is 0 Å². The zero-order valence-electron chi connectivity index (χ0n) is 12.3. The summed E-state index contributed by atoms with van der Waals surface area (Å²) in [7, 11) is 1.63. The molecule has 4 nitrogen and oxygen atoms in total. The van der Waals surface area contributed by atoms with E-state index in [1.165, 1.54) is 10.5 Å². The zero-order valence-corrected chi connectivity index (χ0v) is 13.1. The molecule has 2 N–H and O–H groups in total. The lowest BCUT2D eigenvalue weighted by Gasteiger charge is -2.11. The maximum Gasteiger partial charge on any atom is 0.0867 e. The third kappa shape index (κ3) is 7.87. The van der Waals surface area contributed by atoms with Crippen LogP contribution in [0.3, 0.4) is 0 Å². The quantitative estimate of drug-likeness (QED) is 0.483. The molecular weight excluding hydrogens is 274 g/mol. The Morgan fingerprint density at radius 3 is 2.65 bits per heavy atom. The molecule has 1 rings (SSSR count). The third-order valence-electron chi connectivity index (χ3n) is 2.69. The lowest BCUT2D eigenvalue weighted by atomic mass is 10.2. The van der Waals surface area contributed by atoms with E-state index < -0.39 is 6.10 Å². The van der Waals surface area contributed by atoms with Crippen molar-refractivity contribution in [1.82, 2.24) is 5.32 Å². The van der Waals surface area contributed by atoms with Gasteiger partial charge in [0.15, 0.2) is 0 Å². The Kier molecular flexibility index (Phi) is 9.70. The van der Waals surface area contributed by atoms with Gasteiger partial charge in [0.2, 0.25) is 0 Å². The lowest BCUT2D eigenvalue weighted by molar-refractivity contribution is 0.0218. The zero-order chi connectivity index (χ0) is 14.6. The predicted molar refractivity (Wildman–Crippen MR) is 83.2 cm³/mol. The number of hydrogen-bond donors (Lipinski definition) is 2. The number of hydrogen-bond acceptors (Lipinski definition) is 5. The molecule has 0 saturated heterocycles. The minimum absolute atomic E-state index is 0.356. The van der Waals surface area contributed by atoms with Gasteiger partial charge in [-0.15, -0.1) is 11.8 Å². The summed E-state index contributed by atoms with van der Waals surface area (Å²) in [6.45, 7) is 5.42. The van der Waals surface area contributed by atoms with Crippen molar-refractivity contribution in [3.63, 3.8) is 0 Å². The first-order valence-corrected chi connectivity index (χ1v) is 7.92. The molecule has 114 valence electrons. The van der Waals surface area contributed by atoms with Crippen molar-refractivity contribution in [3.8, 4) is 0 Å². The summed E-state index contributed by atoms with van der Waals surface area (Å²) >= 11 is 1.64. The second-order valence-electron chi connectivity index (χ2n) is 4.46. The largest absolute Gasteiger partial charge is 0.390 e. The van der Waals surface area contributed by atoms with Crippen molar-refractivity contribution < 1.29 is 14.6 Å². The Morgan fingerprint density at radius 2 is 2.00 bits per heavy atom. The van der Waals surface area contributed by atoms with Crippen LogP contribution in [0.2, 0.25) is 0 Å². The predicted octanol–water partition coefficient (Wildman–Crippen LogP) is 1.91. The molecule has 5 heteroatoms. The van der Waals surface area contributed by atoms with E-state index in [4.69, 9.17) is 9.47 Å². The van der Waals surface area contributed by atoms with Crippen LogP contribution in [0.5, 0.6) is 0 Å². The Morgan fingerprint density at radius 1 is 1.25 bits per heavy atom. The first kappa shape index (κ1) is 17.5. The highest BCUT2D eigenvalue weighted by molar-refractivity contribution is 7.99. The average Bonchev–Trinajstić information content (AvgIpc) is 2.48. The van der Waals surface area contributed by atoms with Crippen LogP contribution >= 0.6 is 11.8 Å². The number of aliphatic hydroxyl groups is 1. The topological polar surface area (TPSA) is 50.7 Å². The summed E-state index contributed by atoms with van der Waals surface area (Å²) in [5.41, 5.74) is 1.28. The molecule has 0 radical (unpaired) electrons. The Hall–Kier alpha value is -0.590. The molecule has 20 heavy (non-hydrogen) atoms. The molecule has 1 aromatic carbocycles. The van der Waals surface area contributed by atoms with Crippen molar-refractivity contribution in [2.45, 2.75) is 24.5 Å². The second kappa shape index (κ2) is 11.1. The van der Waals surface area contributed by atoms with Crippen LogP contribution in [0.15, 0.2) is 29.2 Å². The van der Waals surface area contributed by atoms with Gasteiger partial charge in [-0.3, -0.25) is 0 Å². The van der Waals surface area contributed by atoms with Gasteiger partial charge in [0, 0.05) is 24.3 Å². The SMILES string of the molecule is CCNCc1ccc(SCC(O)COCCOC)cc1. The van der Waals surface area contributed by atoms with Gasteiger partial charge < -0.3 is 19.9 Å². The second-order valence-corrected chi connectivity index (χ2v) is 5.55. The fraction of sp³-hybridized carbons (Fsp3) is 0.600. The maximum atomic E-state index is 9.78. The molecule has 0 saturated carbocycles. The van der Waals surface area contributed by atoms with Crippen molar-refractivity contribution in [2.75, 3.05) is 39.2 Å². The monoisotopic (exact) mass is 299 g/mol. The van der Waals surface area contributed by atoms with E-state index in [-0.39, 0.29) is 0 Å². The number of aliphatic hydroxyl groups excluding tert-OH is 1. The van der Waals surface area contributed by atoms with E-state index in [0.29, 0.717) is 25.6 Å². The molecule has 0 aliphatic heterocycles. The normalized spacial score (nSPS) is 12.6. The van der Waals surface area contributed by atoms with Gasteiger partial charge in [0.1, 0.15) is 0 Å². The van der Waals surface area contributed by atoms with Crippen molar-refractivity contribution in [2.24, 2.45) is 0 Å². The van der Waals surface area contributed by atoms with Crippen molar-refractivity contribution >= 4 is 11.8 Å². The molecule has 0 fully saturated rings. The van der Waals surface area contributed by atoms with Crippen LogP contribution < -0.4 is 5.32 Å². The van der Waals surface area contributed by atoms with Crippen molar-refractivity contribution in [3.05, 3.63) is 29.8 Å². The van der Waals surface area contributed by atoms with Crippen LogP contribution in [-0.2, 0) is 16.0 Å². The summed E-state index contributed by atoms with van der Waals surface area (Å²) < 4.78 is 10.2. The number of methoxy groups -OCH3 is 1. The molecule has 0 aliphatic carbocycles. The fourth-order valence-corrected chi connectivity index (χ4v) is 2.38. The van der Waals surface area contributed by atoms with Gasteiger partial charge in [0.25, 0.3) is 0 Å². The van der Waals surface area contributed by atoms with Crippen LogP contribution in [0, 0.1) is 0 Å². The molecule has 1 aromatic rings. The van der Waals surface area contributed by atoms with Crippen LogP contribution in [-0.4, -0.2) is 50.4 Å². The summed E-state index contributed by atoms with van der Waals surface area (Å²) in [6, 6.07) is 8.42. The first-order chi connectivity index (χ1) is 9.76. The molecule has 0 amide bonds. The molecule has 0 spiro atoms. The fourth-order valence-electron chi connectivity index (χ4n) is 1.58. The van der Waals surface area contributed by atoms with E-state index in [1.807, 2.05) is 0 Å². The lowest BCUT2D eigenvalue weighted by Crippen LogP contribution is -2.19. The smallest absolute Gasteiger partial charge is 0.0867 e. The molecule has 0 aliphatic rings. The minimum atomic E-state index is -0.446. The molecule has 0 bridgehead atoms. The number of rotatable bonds is 11. The van der Waals surface area contributed by atoms with Gasteiger partial charge in [0.05, 0.1) is 25.9 Å².